The van der Waals surface area contributed by atoms with Crippen molar-refractivity contribution in [3.63, 3.8) is 0 Å². The molecule has 0 atom stereocenters. The Morgan fingerprint density at radius 1 is 0.774 bits per heavy atom. The number of aryl methyl sites for hydroxylation is 1. The van der Waals surface area contributed by atoms with E-state index < -0.39 is 0 Å². The van der Waals surface area contributed by atoms with Gasteiger partial charge in [0.1, 0.15) is 20.1 Å². The van der Waals surface area contributed by atoms with E-state index in [1.54, 1.807) is 27.7 Å². The van der Waals surface area contributed by atoms with Crippen LogP contribution in [-0.4, -0.2) is 52.6 Å². The van der Waals surface area contributed by atoms with Crippen LogP contribution in [-0.2, 0) is 29.7 Å². The number of hydrogen-bond donors (Lipinski definition) is 3. The molecule has 3 heterocycles. The summed E-state index contributed by atoms with van der Waals surface area (Å²) in [7, 11) is 7.39. The number of hydrogen-bond acceptors (Lipinski definition) is 4. The number of amides is 2. The summed E-state index contributed by atoms with van der Waals surface area (Å²) in [6, 6.07) is 20.6. The second-order valence-electron chi connectivity index (χ2n) is 12.6. The molecular formula is C43H50N6O2S2+2. The van der Waals surface area contributed by atoms with Gasteiger partial charge in [0.25, 0.3) is 0 Å². The fourth-order valence-corrected chi connectivity index (χ4v) is 8.03. The molecule has 3 aromatic heterocycles. The topological polar surface area (TPSA) is 88.6 Å². The van der Waals surface area contributed by atoms with Crippen LogP contribution in [0.3, 0.4) is 0 Å². The van der Waals surface area contributed by atoms with Crippen LogP contribution in [0.1, 0.15) is 28.1 Å². The van der Waals surface area contributed by atoms with Crippen LogP contribution in [0.25, 0.3) is 40.0 Å². The molecule has 0 aliphatic rings. The van der Waals surface area contributed by atoms with Crippen LogP contribution in [0.2, 0.25) is 0 Å². The molecule has 0 saturated heterocycles. The molecule has 0 spiro atoms. The predicted octanol–water partition coefficient (Wildman–Crippen LogP) is 6.35. The fourth-order valence-electron chi connectivity index (χ4n) is 6.22. The van der Waals surface area contributed by atoms with Gasteiger partial charge in [-0.1, -0.05) is 101 Å². The Kier molecular flexibility index (Phi) is 14.6. The standard InChI is InChI=1S/C43H48N6O2S2/c1-6-11-34(20-23-44-4)16-18-36-32(2)48(40-14-9-7-12-38(36)40)30-42(50)45-24-28-52-53-29-25-46-43(51)31-49-33(3)37(39-13-8-10-15-41(39)49)19-17-35-21-26-47(5)27-22-35/h6-23,26-27,44H,1,24-25,28-31H2,2-5H3,(H-,45,46,50,51)/p+2/b18-16+,23-20-,34-11-. The van der Waals surface area contributed by atoms with Gasteiger partial charge in [-0.15, -0.1) is 0 Å². The van der Waals surface area contributed by atoms with E-state index in [1.807, 2.05) is 79.0 Å². The average molecular weight is 747 g/mol. The summed E-state index contributed by atoms with van der Waals surface area (Å²) in [5, 5.41) is 10.4. The number of allylic oxidation sites excluding steroid dienone is 5. The molecule has 2 aromatic carbocycles. The van der Waals surface area contributed by atoms with Crippen LogP contribution < -0.4 is 20.5 Å². The lowest BCUT2D eigenvalue weighted by Crippen LogP contribution is -2.72. The summed E-state index contributed by atoms with van der Waals surface area (Å²) in [6.45, 7) is 9.64. The molecule has 274 valence electrons. The smallest absolute Gasteiger partial charge is 0.239 e. The van der Waals surface area contributed by atoms with E-state index in [9.17, 15) is 9.59 Å². The highest BCUT2D eigenvalue weighted by Crippen LogP contribution is 2.29. The molecule has 5 rings (SSSR count). The van der Waals surface area contributed by atoms with Crippen LogP contribution in [0.4, 0.5) is 0 Å². The number of benzene rings is 2. The van der Waals surface area contributed by atoms with Gasteiger partial charge in [-0.3, -0.25) is 9.59 Å². The maximum Gasteiger partial charge on any atom is 0.239 e. The summed E-state index contributed by atoms with van der Waals surface area (Å²) < 4.78 is 6.19. The first-order valence-corrected chi connectivity index (χ1v) is 20.3. The van der Waals surface area contributed by atoms with Crippen molar-refractivity contribution >= 4 is 73.4 Å². The van der Waals surface area contributed by atoms with E-state index in [0.717, 1.165) is 67.0 Å². The van der Waals surface area contributed by atoms with Crippen LogP contribution in [0, 0.1) is 13.8 Å². The molecule has 0 fully saturated rings. The second kappa shape index (κ2) is 19.7. The Bertz CT molecular complexity index is 2170. The van der Waals surface area contributed by atoms with Crippen molar-refractivity contribution in [1.82, 2.24) is 19.8 Å². The minimum Gasteiger partial charge on any atom is -0.354 e. The minimum absolute atomic E-state index is 0.00932. The second-order valence-corrected chi connectivity index (χ2v) is 15.3. The molecule has 10 heteroatoms. The Balaban J connectivity index is 1.06. The first-order valence-electron chi connectivity index (χ1n) is 17.8. The molecule has 0 radical (unpaired) electrons. The number of aromatic nitrogens is 3. The fraction of sp³-hybridized carbons (Fsp3) is 0.233. The number of pyridine rings is 1. The first kappa shape index (κ1) is 39.2. The van der Waals surface area contributed by atoms with Gasteiger partial charge in [-0.2, -0.15) is 0 Å². The molecule has 4 N–H and O–H groups in total. The lowest BCUT2D eigenvalue weighted by Gasteiger charge is -2.10. The molecule has 5 aromatic rings. The summed E-state index contributed by atoms with van der Waals surface area (Å²) in [4.78, 5) is 26.0. The first-order chi connectivity index (χ1) is 25.8. The number of fused-ring (bicyclic) bond motifs is 2. The van der Waals surface area contributed by atoms with E-state index in [-0.39, 0.29) is 24.9 Å². The molecule has 0 aliphatic carbocycles. The minimum atomic E-state index is -0.0170. The maximum absolute atomic E-state index is 13.0. The maximum atomic E-state index is 13.0. The molecule has 0 bridgehead atoms. The number of nitrogens with two attached hydrogens (primary N) is 1. The predicted molar refractivity (Wildman–Crippen MR) is 225 cm³/mol. The monoisotopic (exact) mass is 746 g/mol. The van der Waals surface area contributed by atoms with Gasteiger partial charge in [-0.05, 0) is 43.2 Å². The number of nitrogens with one attached hydrogen (secondary N) is 2. The summed E-state index contributed by atoms with van der Waals surface area (Å²) >= 11 is 0. The molecule has 0 saturated carbocycles. The zero-order chi connectivity index (χ0) is 37.6. The summed E-state index contributed by atoms with van der Waals surface area (Å²) in [5.74, 6) is 1.53. The van der Waals surface area contributed by atoms with Gasteiger partial charge in [0.15, 0.2) is 12.4 Å². The normalized spacial score (nSPS) is 12.2. The van der Waals surface area contributed by atoms with Crippen molar-refractivity contribution in [3.8, 4) is 0 Å². The Hall–Kier alpha value is -5.03. The van der Waals surface area contributed by atoms with Gasteiger partial charge >= 0.3 is 0 Å². The average Bonchev–Trinajstić information content (AvgIpc) is 3.58. The highest BCUT2D eigenvalue weighted by Gasteiger charge is 2.16. The Morgan fingerprint density at radius 2 is 1.30 bits per heavy atom. The lowest BCUT2D eigenvalue weighted by molar-refractivity contribution is -0.671. The van der Waals surface area contributed by atoms with E-state index >= 15 is 0 Å². The van der Waals surface area contributed by atoms with Gasteiger partial charge < -0.3 is 25.1 Å². The van der Waals surface area contributed by atoms with Crippen LogP contribution >= 0.6 is 21.6 Å². The zero-order valence-corrected chi connectivity index (χ0v) is 32.7. The van der Waals surface area contributed by atoms with E-state index in [1.165, 1.54) is 0 Å². The summed E-state index contributed by atoms with van der Waals surface area (Å²) in [5.41, 5.74) is 8.59. The van der Waals surface area contributed by atoms with Gasteiger partial charge in [0, 0.05) is 81.0 Å². The lowest BCUT2D eigenvalue weighted by atomic mass is 10.1. The largest absolute Gasteiger partial charge is 0.354 e. The zero-order valence-electron chi connectivity index (χ0n) is 31.0. The number of nitrogens with zero attached hydrogens (tertiary/aromatic N) is 3. The third-order valence-electron chi connectivity index (χ3n) is 8.94. The number of carbonyl (C=O) groups is 2. The van der Waals surface area contributed by atoms with E-state index in [0.29, 0.717) is 13.1 Å². The van der Waals surface area contributed by atoms with E-state index in [4.69, 9.17) is 0 Å². The quantitative estimate of drug-likeness (QED) is 0.0422. The molecule has 53 heavy (non-hydrogen) atoms. The third kappa shape index (κ3) is 10.5. The van der Waals surface area contributed by atoms with Crippen LogP contribution in [0.15, 0.2) is 116 Å². The van der Waals surface area contributed by atoms with E-state index in [2.05, 4.69) is 101 Å². The highest BCUT2D eigenvalue weighted by atomic mass is 33.1. The van der Waals surface area contributed by atoms with Crippen molar-refractivity contribution in [1.29, 1.82) is 0 Å². The van der Waals surface area contributed by atoms with Crippen molar-refractivity contribution < 1.29 is 19.5 Å². The number of quaternary nitrogens is 1. The summed E-state index contributed by atoms with van der Waals surface area (Å²) in [6.07, 6.45) is 20.3. The Labute approximate surface area is 320 Å². The molecule has 0 aliphatic heterocycles. The van der Waals surface area contributed by atoms with Crippen LogP contribution in [0.5, 0.6) is 0 Å². The van der Waals surface area contributed by atoms with Gasteiger partial charge in [-0.25, -0.2) is 4.57 Å². The number of carbonyl (C=O) groups excluding carboxylic acids is 2. The number of para-hydroxylation sites is 2. The molecular weight excluding hydrogens is 697 g/mol. The van der Waals surface area contributed by atoms with Crippen molar-refractivity contribution in [2.24, 2.45) is 7.05 Å². The molecule has 0 unspecified atom stereocenters. The Morgan fingerprint density at radius 3 is 1.83 bits per heavy atom. The molecule has 8 nitrogen and oxygen atoms in total. The van der Waals surface area contributed by atoms with Gasteiger partial charge in [0.2, 0.25) is 11.8 Å². The third-order valence-corrected chi connectivity index (χ3v) is 11.4. The molecule has 2 amide bonds. The SMILES string of the molecule is C=C/C=C(\C=C/[NH2+]C)/C=C/c1c(C)n(CC(=O)NCCSSCCNC(=O)Cn2c(C)c(/C=C/c3cc[n+](C)cc3)c3ccccc32)c2ccccc12. The van der Waals surface area contributed by atoms with Gasteiger partial charge in [0.05, 0.1) is 13.2 Å². The highest BCUT2D eigenvalue weighted by molar-refractivity contribution is 8.76. The van der Waals surface area contributed by atoms with Crippen molar-refractivity contribution in [2.45, 2.75) is 26.9 Å². The number of rotatable bonds is 18. The van der Waals surface area contributed by atoms with Crippen molar-refractivity contribution in [3.05, 3.63) is 144 Å². The van der Waals surface area contributed by atoms with Crippen molar-refractivity contribution in [2.75, 3.05) is 31.6 Å².